The molecule has 0 aliphatic rings. The highest BCUT2D eigenvalue weighted by Crippen LogP contribution is 2.35. The number of rotatable bonds is 9. The maximum Gasteiger partial charge on any atom is 0.344 e. The van der Waals surface area contributed by atoms with Gasteiger partial charge in [-0.2, -0.15) is 0 Å². The van der Waals surface area contributed by atoms with Gasteiger partial charge in [0.15, 0.2) is 12.4 Å². The first-order chi connectivity index (χ1) is 18.7. The van der Waals surface area contributed by atoms with Crippen LogP contribution in [-0.2, 0) is 19.1 Å². The summed E-state index contributed by atoms with van der Waals surface area (Å²) in [5.41, 5.74) is 2.48. The Morgan fingerprint density at radius 1 is 0.897 bits per heavy atom. The molecule has 3 aromatic carbocycles. The molecule has 0 amide bonds. The second-order valence-electron chi connectivity index (χ2n) is 9.65. The number of oxazole rings is 1. The molecule has 0 aliphatic heterocycles. The molecule has 4 rings (SSSR count). The number of nitrogens with zero attached hydrogens (tertiary/aromatic N) is 1. The summed E-state index contributed by atoms with van der Waals surface area (Å²) in [6.45, 7) is 7.07. The van der Waals surface area contributed by atoms with E-state index in [1.807, 2.05) is 60.7 Å². The number of esters is 2. The molecule has 1 heterocycles. The fourth-order valence-electron chi connectivity index (χ4n) is 3.80. The number of ether oxygens (including phenoxy) is 3. The molecule has 0 unspecified atom stereocenters. The van der Waals surface area contributed by atoms with Crippen molar-refractivity contribution in [2.45, 2.75) is 33.3 Å². The van der Waals surface area contributed by atoms with Gasteiger partial charge in [0.1, 0.15) is 22.6 Å². The van der Waals surface area contributed by atoms with Crippen LogP contribution >= 0.6 is 0 Å². The molecule has 39 heavy (non-hydrogen) atoms. The molecular formula is C32H31NO6. The van der Waals surface area contributed by atoms with Crippen LogP contribution in [0.1, 0.15) is 39.1 Å². The second kappa shape index (κ2) is 12.3. The summed E-state index contributed by atoms with van der Waals surface area (Å²) in [6.07, 6.45) is 1.63. The minimum absolute atomic E-state index is 0.131. The lowest BCUT2D eigenvalue weighted by molar-refractivity contribution is -0.157. The van der Waals surface area contributed by atoms with Crippen molar-refractivity contribution in [1.29, 1.82) is 0 Å². The molecular weight excluding hydrogens is 494 g/mol. The van der Waals surface area contributed by atoms with Crippen LogP contribution in [0.3, 0.4) is 0 Å². The zero-order valence-electron chi connectivity index (χ0n) is 22.5. The van der Waals surface area contributed by atoms with E-state index >= 15 is 0 Å². The Morgan fingerprint density at radius 2 is 1.56 bits per heavy atom. The zero-order valence-corrected chi connectivity index (χ0v) is 22.5. The van der Waals surface area contributed by atoms with E-state index in [1.165, 1.54) is 0 Å². The van der Waals surface area contributed by atoms with Crippen LogP contribution < -0.4 is 4.74 Å². The van der Waals surface area contributed by atoms with Gasteiger partial charge in [-0.15, -0.1) is 0 Å². The van der Waals surface area contributed by atoms with E-state index in [0.717, 1.165) is 11.1 Å². The summed E-state index contributed by atoms with van der Waals surface area (Å²) in [6, 6.07) is 26.2. The molecule has 0 fully saturated rings. The highest BCUT2D eigenvalue weighted by Gasteiger charge is 2.24. The summed E-state index contributed by atoms with van der Waals surface area (Å²) in [4.78, 5) is 29.9. The third kappa shape index (κ3) is 7.45. The van der Waals surface area contributed by atoms with Crippen molar-refractivity contribution in [3.63, 3.8) is 0 Å². The van der Waals surface area contributed by atoms with Gasteiger partial charge in [-0.1, -0.05) is 72.8 Å². The number of benzene rings is 3. The van der Waals surface area contributed by atoms with Crippen LogP contribution in [0.4, 0.5) is 0 Å². The van der Waals surface area contributed by atoms with E-state index < -0.39 is 17.5 Å². The lowest BCUT2D eigenvalue weighted by atomic mass is 10.1. The molecule has 0 radical (unpaired) electrons. The topological polar surface area (TPSA) is 87.9 Å². The van der Waals surface area contributed by atoms with Crippen LogP contribution in [0.15, 0.2) is 89.3 Å². The molecule has 0 N–H and O–H groups in total. The minimum atomic E-state index is -0.604. The molecule has 7 heteroatoms. The van der Waals surface area contributed by atoms with Crippen molar-refractivity contribution in [3.05, 3.63) is 96.4 Å². The Kier molecular flexibility index (Phi) is 8.61. The van der Waals surface area contributed by atoms with E-state index in [4.69, 9.17) is 23.6 Å². The van der Waals surface area contributed by atoms with E-state index in [9.17, 15) is 9.59 Å². The molecule has 200 valence electrons. The number of aromatic nitrogens is 1. The maximum atomic E-state index is 13.1. The Balaban J connectivity index is 1.71. The van der Waals surface area contributed by atoms with Gasteiger partial charge in [0.25, 0.3) is 0 Å². The normalized spacial score (nSPS) is 11.6. The lowest BCUT2D eigenvalue weighted by Crippen LogP contribution is -2.27. The summed E-state index contributed by atoms with van der Waals surface area (Å²) in [5, 5.41) is 0. The molecule has 1 aromatic heterocycles. The zero-order chi connectivity index (χ0) is 27.8. The summed E-state index contributed by atoms with van der Waals surface area (Å²) in [5.74, 6) is 0.0724. The number of hydrogen-bond donors (Lipinski definition) is 0. The monoisotopic (exact) mass is 525 g/mol. The molecule has 0 bridgehead atoms. The average Bonchev–Trinajstić information content (AvgIpc) is 3.36. The molecule has 0 saturated carbocycles. The van der Waals surface area contributed by atoms with E-state index in [0.29, 0.717) is 22.8 Å². The largest absolute Gasteiger partial charge is 0.482 e. The Morgan fingerprint density at radius 3 is 2.21 bits per heavy atom. The van der Waals surface area contributed by atoms with Gasteiger partial charge in [0.05, 0.1) is 6.61 Å². The first kappa shape index (κ1) is 27.4. The Labute approximate surface area is 228 Å². The van der Waals surface area contributed by atoms with Gasteiger partial charge in [-0.05, 0) is 51.5 Å². The van der Waals surface area contributed by atoms with Crippen LogP contribution in [-0.4, -0.2) is 35.7 Å². The van der Waals surface area contributed by atoms with Crippen molar-refractivity contribution < 1.29 is 28.2 Å². The number of carbonyl (C=O) groups excluding carboxylic acids is 2. The SMILES string of the molecule is CCOC(=O)C(=Cc1cccc(OCC(=O)OC(C)(C)C)c1)c1nc(-c2ccccc2)c(-c2ccccc2)o1. The van der Waals surface area contributed by atoms with Crippen LogP contribution in [0, 0.1) is 0 Å². The standard InChI is InChI=1S/C32H31NO6/c1-5-36-31(35)26(20-22-13-12-18-25(19-22)37-21-27(34)39-32(2,3)4)30-33-28(23-14-8-6-9-15-23)29(38-30)24-16-10-7-11-17-24/h6-20H,5,21H2,1-4H3. The first-order valence-corrected chi connectivity index (χ1v) is 12.7. The van der Waals surface area contributed by atoms with Crippen LogP contribution in [0.5, 0.6) is 5.75 Å². The third-order valence-electron chi connectivity index (χ3n) is 5.38. The third-order valence-corrected chi connectivity index (χ3v) is 5.38. The fraction of sp³-hybridized carbons (Fsp3) is 0.219. The van der Waals surface area contributed by atoms with Gasteiger partial charge >= 0.3 is 11.9 Å². The molecule has 4 aromatic rings. The number of hydrogen-bond acceptors (Lipinski definition) is 7. The van der Waals surface area contributed by atoms with Gasteiger partial charge < -0.3 is 18.6 Å². The van der Waals surface area contributed by atoms with E-state index in [2.05, 4.69) is 0 Å². The first-order valence-electron chi connectivity index (χ1n) is 12.7. The predicted molar refractivity (Wildman–Crippen MR) is 150 cm³/mol. The predicted octanol–water partition coefficient (Wildman–Crippen LogP) is 6.83. The van der Waals surface area contributed by atoms with Crippen molar-refractivity contribution in [1.82, 2.24) is 4.98 Å². The minimum Gasteiger partial charge on any atom is -0.482 e. The average molecular weight is 526 g/mol. The molecule has 0 atom stereocenters. The number of carbonyl (C=O) groups is 2. The van der Waals surface area contributed by atoms with Gasteiger partial charge in [-0.25, -0.2) is 14.6 Å². The van der Waals surface area contributed by atoms with Gasteiger partial charge in [0.2, 0.25) is 5.89 Å². The Bertz CT molecular complexity index is 1390. The highest BCUT2D eigenvalue weighted by molar-refractivity contribution is 6.20. The lowest BCUT2D eigenvalue weighted by Gasteiger charge is -2.19. The molecule has 0 aliphatic carbocycles. The van der Waals surface area contributed by atoms with Crippen LogP contribution in [0.2, 0.25) is 0 Å². The van der Waals surface area contributed by atoms with Crippen LogP contribution in [0.25, 0.3) is 34.2 Å². The van der Waals surface area contributed by atoms with Crippen molar-refractivity contribution in [3.8, 4) is 28.3 Å². The van der Waals surface area contributed by atoms with Gasteiger partial charge in [0, 0.05) is 11.1 Å². The van der Waals surface area contributed by atoms with Gasteiger partial charge in [-0.3, -0.25) is 0 Å². The summed E-state index contributed by atoms with van der Waals surface area (Å²) >= 11 is 0. The second-order valence-corrected chi connectivity index (χ2v) is 9.65. The van der Waals surface area contributed by atoms with Crippen molar-refractivity contribution in [2.24, 2.45) is 0 Å². The smallest absolute Gasteiger partial charge is 0.344 e. The molecule has 0 spiro atoms. The summed E-state index contributed by atoms with van der Waals surface area (Å²) in [7, 11) is 0. The molecule has 7 nitrogen and oxygen atoms in total. The van der Waals surface area contributed by atoms with E-state index in [1.54, 1.807) is 58.0 Å². The molecule has 0 saturated heterocycles. The van der Waals surface area contributed by atoms with E-state index in [-0.39, 0.29) is 24.7 Å². The van der Waals surface area contributed by atoms with Crippen molar-refractivity contribution >= 4 is 23.6 Å². The maximum absolute atomic E-state index is 13.1. The fourth-order valence-corrected chi connectivity index (χ4v) is 3.80. The summed E-state index contributed by atoms with van der Waals surface area (Å²) < 4.78 is 22.5. The van der Waals surface area contributed by atoms with Crippen molar-refractivity contribution in [2.75, 3.05) is 13.2 Å². The quantitative estimate of drug-likeness (QED) is 0.175. The highest BCUT2D eigenvalue weighted by atomic mass is 16.6. The Hall–Kier alpha value is -4.65.